The maximum atomic E-state index is 14.1. The van der Waals surface area contributed by atoms with Crippen molar-refractivity contribution < 1.29 is 73.2 Å². The van der Waals surface area contributed by atoms with Crippen molar-refractivity contribution >= 4 is 71.1 Å². The summed E-state index contributed by atoms with van der Waals surface area (Å²) in [6.45, 7) is 9.85. The monoisotopic (exact) mass is 1070 g/mol. The lowest BCUT2D eigenvalue weighted by Crippen LogP contribution is -2.61. The number of rotatable bonds is 36. The third-order valence-corrected chi connectivity index (χ3v) is 12.9. The zero-order valence-electron chi connectivity index (χ0n) is 43.9. The van der Waals surface area contributed by atoms with Gasteiger partial charge in [0.25, 0.3) is 0 Å². The van der Waals surface area contributed by atoms with Gasteiger partial charge in [0.1, 0.15) is 48.3 Å². The molecule has 1 rings (SSSR count). The molecule has 0 spiro atoms. The van der Waals surface area contributed by atoms with Crippen LogP contribution < -0.4 is 60.2 Å². The number of carbonyl (C=O) groups is 11. The van der Waals surface area contributed by atoms with Gasteiger partial charge in [-0.1, -0.05) is 54.4 Å². The van der Waals surface area contributed by atoms with Gasteiger partial charge in [0.15, 0.2) is 5.96 Å². The molecule has 0 radical (unpaired) electrons. The lowest BCUT2D eigenvalue weighted by molar-refractivity contribution is -0.143. The normalized spacial score (nSPS) is 17.2. The minimum absolute atomic E-state index is 0.00405. The maximum Gasteiger partial charge on any atom is 0.326 e. The number of nitrogens with one attached hydrogen (secondary N) is 7. The van der Waals surface area contributed by atoms with Crippen molar-refractivity contribution in [3.05, 3.63) is 0 Å². The standard InChI is InChI=1S/C47H83N13O15/c1-7-25(5)35(49)43(71)59-37(26(6)8-2)45(73)60-22-12-15-32(60)42(70)58-36(24(3)4)44(72)57-31(23-61)41(69)53-27(14-11-21-52-47(50)51)38(66)54-28(16-18-33(62)63)39(67)55-29(17-19-34(64)65)40(68)56-30(46(74)75)13-9-10-20-48/h24-32,35-37,61H,7-23,48-49H2,1-6H3,(H,53,69)(H,54,66)(H,55,67)(H,56,68)(H,57,72)(H,58,70)(H,59,71)(H,62,63)(H,64,65)(H,74,75)(H4,50,51,52)/t25-,26-,27-,28-,29-,30-,31-,32-,35-,36-,37-/m0/s1. The number of nitrogens with zero attached hydrogens (tertiary/aromatic N) is 2. The van der Waals surface area contributed by atoms with Crippen molar-refractivity contribution in [3.63, 3.8) is 0 Å². The molecule has 28 nitrogen and oxygen atoms in total. The van der Waals surface area contributed by atoms with E-state index >= 15 is 0 Å². The fourth-order valence-corrected chi connectivity index (χ4v) is 7.85. The number of unbranched alkanes of at least 4 members (excludes halogenated alkanes) is 1. The Morgan fingerprint density at radius 1 is 0.600 bits per heavy atom. The van der Waals surface area contributed by atoms with Crippen LogP contribution in [0.25, 0.3) is 0 Å². The minimum atomic E-state index is -1.76. The SMILES string of the molecule is CC[C@H](C)[C@H](N)C(=O)N[C@H](C(=O)N1CCC[C@H]1C(=O)N[C@H](C(=O)N[C@@H](CO)C(=O)N[C@@H](CCCN=C(N)N)C(=O)N[C@@H](CCC(=O)O)C(=O)N[C@@H](CCC(=O)O)C(=O)N[C@@H](CCCCN)C(=O)O)C(C)C)[C@@H](C)CC. The van der Waals surface area contributed by atoms with E-state index in [1.807, 2.05) is 20.8 Å². The van der Waals surface area contributed by atoms with Crippen molar-refractivity contribution in [2.24, 2.45) is 45.7 Å². The zero-order chi connectivity index (χ0) is 57.1. The Balaban J connectivity index is 3.42. The van der Waals surface area contributed by atoms with Gasteiger partial charge in [0.05, 0.1) is 12.6 Å². The van der Waals surface area contributed by atoms with Crippen LogP contribution in [0, 0.1) is 17.8 Å². The third kappa shape index (κ3) is 23.2. The summed E-state index contributed by atoms with van der Waals surface area (Å²) >= 11 is 0. The molecule has 0 saturated carbocycles. The number of hydrogen-bond acceptors (Lipinski definition) is 15. The molecule has 1 aliphatic rings. The molecular formula is C47H83N13O15. The number of aliphatic hydroxyl groups excluding tert-OH is 1. The second-order valence-electron chi connectivity index (χ2n) is 19.1. The van der Waals surface area contributed by atoms with Gasteiger partial charge in [-0.25, -0.2) is 4.79 Å². The Morgan fingerprint density at radius 2 is 1.08 bits per heavy atom. The van der Waals surface area contributed by atoms with Gasteiger partial charge in [0.2, 0.25) is 47.3 Å². The molecule has 28 heteroatoms. The van der Waals surface area contributed by atoms with Crippen molar-refractivity contribution in [2.45, 2.75) is 179 Å². The lowest BCUT2D eigenvalue weighted by Gasteiger charge is -2.33. The predicted molar refractivity (Wildman–Crippen MR) is 271 cm³/mol. The van der Waals surface area contributed by atoms with Gasteiger partial charge in [-0.2, -0.15) is 0 Å². The highest BCUT2D eigenvalue weighted by Gasteiger charge is 2.42. The minimum Gasteiger partial charge on any atom is -0.481 e. The molecule has 0 aliphatic carbocycles. The second kappa shape index (κ2) is 34.0. The third-order valence-electron chi connectivity index (χ3n) is 12.9. The van der Waals surface area contributed by atoms with E-state index in [9.17, 15) is 73.2 Å². The molecule has 1 fully saturated rings. The van der Waals surface area contributed by atoms with Crippen LogP contribution in [0.3, 0.4) is 0 Å². The fraction of sp³-hybridized carbons (Fsp3) is 0.745. The first-order valence-corrected chi connectivity index (χ1v) is 25.5. The Labute approximate surface area is 436 Å². The molecule has 0 aromatic carbocycles. The number of nitrogens with two attached hydrogens (primary N) is 4. The first-order valence-electron chi connectivity index (χ1n) is 25.5. The number of aliphatic carboxylic acids is 3. The predicted octanol–water partition coefficient (Wildman–Crippen LogP) is -3.56. The summed E-state index contributed by atoms with van der Waals surface area (Å²) in [4.78, 5) is 150. The zero-order valence-corrected chi connectivity index (χ0v) is 43.9. The molecule has 75 heavy (non-hydrogen) atoms. The van der Waals surface area contributed by atoms with Gasteiger partial charge < -0.3 is 85.5 Å². The highest BCUT2D eigenvalue weighted by molar-refractivity contribution is 5.98. The summed E-state index contributed by atoms with van der Waals surface area (Å²) in [7, 11) is 0. The van der Waals surface area contributed by atoms with Crippen LogP contribution in [0.4, 0.5) is 0 Å². The Hall–Kier alpha value is -6.68. The van der Waals surface area contributed by atoms with Crippen LogP contribution >= 0.6 is 0 Å². The number of amides is 8. The van der Waals surface area contributed by atoms with E-state index in [0.717, 1.165) is 0 Å². The molecule has 11 atom stereocenters. The van der Waals surface area contributed by atoms with E-state index in [4.69, 9.17) is 22.9 Å². The van der Waals surface area contributed by atoms with Crippen LogP contribution in [-0.4, -0.2) is 177 Å². The molecule has 426 valence electrons. The highest BCUT2D eigenvalue weighted by Crippen LogP contribution is 2.23. The van der Waals surface area contributed by atoms with E-state index in [-0.39, 0.29) is 63.1 Å². The number of aliphatic imine (C=N–C) groups is 1. The Morgan fingerprint density at radius 3 is 1.53 bits per heavy atom. The fourth-order valence-electron chi connectivity index (χ4n) is 7.85. The van der Waals surface area contributed by atoms with Crippen LogP contribution in [-0.2, 0) is 52.7 Å². The van der Waals surface area contributed by atoms with Gasteiger partial charge in [-0.15, -0.1) is 0 Å². The van der Waals surface area contributed by atoms with Gasteiger partial charge >= 0.3 is 17.9 Å². The number of aliphatic hydroxyl groups is 1. The number of carboxylic acid groups (broad SMARTS) is 3. The van der Waals surface area contributed by atoms with E-state index in [0.29, 0.717) is 32.1 Å². The van der Waals surface area contributed by atoms with E-state index in [2.05, 4.69) is 42.2 Å². The average Bonchev–Trinajstić information content (AvgIpc) is 3.86. The quantitative estimate of drug-likeness (QED) is 0.0164. The first kappa shape index (κ1) is 66.3. The molecule has 1 saturated heterocycles. The summed E-state index contributed by atoms with van der Waals surface area (Å²) in [5.74, 6) is -12.8. The van der Waals surface area contributed by atoms with Crippen LogP contribution in [0.1, 0.15) is 125 Å². The smallest absolute Gasteiger partial charge is 0.326 e. The van der Waals surface area contributed by atoms with Crippen LogP contribution in [0.15, 0.2) is 4.99 Å². The van der Waals surface area contributed by atoms with Crippen molar-refractivity contribution in [1.29, 1.82) is 0 Å². The molecule has 0 unspecified atom stereocenters. The molecule has 0 aromatic heterocycles. The van der Waals surface area contributed by atoms with E-state index in [1.165, 1.54) is 4.90 Å². The summed E-state index contributed by atoms with van der Waals surface area (Å²) < 4.78 is 0. The molecule has 1 aliphatic heterocycles. The van der Waals surface area contributed by atoms with E-state index in [1.54, 1.807) is 20.8 Å². The number of carbonyl (C=O) groups excluding carboxylic acids is 8. The first-order chi connectivity index (χ1) is 35.2. The van der Waals surface area contributed by atoms with E-state index < -0.39 is 158 Å². The van der Waals surface area contributed by atoms with Crippen molar-refractivity contribution in [2.75, 3.05) is 26.2 Å². The number of carboxylic acids is 3. The van der Waals surface area contributed by atoms with Crippen LogP contribution in [0.2, 0.25) is 0 Å². The average molecular weight is 1070 g/mol. The number of likely N-dealkylation sites (tertiary alicyclic amines) is 1. The van der Waals surface area contributed by atoms with Gasteiger partial charge in [-0.05, 0) is 82.1 Å². The molecular weight excluding hydrogens is 987 g/mol. The van der Waals surface area contributed by atoms with Crippen LogP contribution in [0.5, 0.6) is 0 Å². The Bertz CT molecular complexity index is 1990. The van der Waals surface area contributed by atoms with Gasteiger partial charge in [0, 0.05) is 25.9 Å². The second-order valence-corrected chi connectivity index (χ2v) is 19.1. The summed E-state index contributed by atoms with van der Waals surface area (Å²) in [5, 5.41) is 56.0. The van der Waals surface area contributed by atoms with Crippen molar-refractivity contribution in [1.82, 2.24) is 42.1 Å². The van der Waals surface area contributed by atoms with Crippen molar-refractivity contribution in [3.8, 4) is 0 Å². The van der Waals surface area contributed by atoms with Gasteiger partial charge in [-0.3, -0.25) is 52.9 Å². The molecule has 19 N–H and O–H groups in total. The molecule has 1 heterocycles. The number of guanidine groups is 1. The summed E-state index contributed by atoms with van der Waals surface area (Å²) in [6.07, 6.45) is -0.318. The lowest BCUT2D eigenvalue weighted by atomic mass is 9.95. The maximum absolute atomic E-state index is 14.1. The molecule has 0 aromatic rings. The largest absolute Gasteiger partial charge is 0.481 e. The highest BCUT2D eigenvalue weighted by atomic mass is 16.4. The molecule has 8 amide bonds. The summed E-state index contributed by atoms with van der Waals surface area (Å²) in [5.41, 5.74) is 22.5. The number of hydrogen-bond donors (Lipinski definition) is 15. The topological polar surface area (TPSA) is 473 Å². The summed E-state index contributed by atoms with van der Waals surface area (Å²) in [6, 6.07) is -12.5. The Kier molecular flexibility index (Phi) is 30.1. The molecule has 0 bridgehead atoms.